The number of carbonyl (C=O) groups excluding carboxylic acids is 1. The third-order valence-electron chi connectivity index (χ3n) is 4.27. The number of alkyl halides is 3. The molecule has 1 amide bonds. The molecular formula is C19H15ClF3N5O4. The highest BCUT2D eigenvalue weighted by Gasteiger charge is 2.30. The molecule has 0 bridgehead atoms. The molecule has 2 heterocycles. The summed E-state index contributed by atoms with van der Waals surface area (Å²) in [5.74, 6) is 0.488. The fraction of sp³-hybridized carbons (Fsp3) is 0.316. The minimum atomic E-state index is -4.57. The molecular weight excluding hydrogens is 455 g/mol. The van der Waals surface area contributed by atoms with Gasteiger partial charge in [0.2, 0.25) is 17.7 Å². The number of hydrogen-bond acceptors (Lipinski definition) is 8. The lowest BCUT2D eigenvalue weighted by Crippen LogP contribution is -2.27. The summed E-state index contributed by atoms with van der Waals surface area (Å²) in [6.45, 7) is -1.63. The highest BCUT2D eigenvalue weighted by molar-refractivity contribution is 6.30. The average Bonchev–Trinajstić information content (AvgIpc) is 3.49. The zero-order chi connectivity index (χ0) is 22.7. The van der Waals surface area contributed by atoms with Crippen LogP contribution in [0.2, 0.25) is 5.02 Å². The molecule has 1 aromatic carbocycles. The smallest absolute Gasteiger partial charge is 0.422 e. The molecule has 0 atom stereocenters. The SMILES string of the molecule is O=C(NCc1nc(C2CC2)no1)Oc1cc(-c2ccc(Cl)cc2)c(OCC(F)(F)F)nn1. The van der Waals surface area contributed by atoms with Gasteiger partial charge >= 0.3 is 12.3 Å². The molecule has 0 radical (unpaired) electrons. The van der Waals surface area contributed by atoms with E-state index in [-0.39, 0.29) is 29.8 Å². The normalized spacial score (nSPS) is 13.6. The number of rotatable bonds is 7. The second kappa shape index (κ2) is 8.99. The van der Waals surface area contributed by atoms with E-state index in [2.05, 4.69) is 25.7 Å². The van der Waals surface area contributed by atoms with Gasteiger partial charge in [-0.25, -0.2) is 4.79 Å². The number of benzene rings is 1. The number of halogens is 4. The Morgan fingerprint density at radius 1 is 1.22 bits per heavy atom. The standard InChI is InChI=1S/C19H15ClF3N5O4/c20-12-5-3-10(4-6-12)13-7-14(26-27-17(13)30-9-19(21,22)23)31-18(29)24-8-15-25-16(28-32-15)11-1-2-11/h3-7,11H,1-2,8-9H2,(H,24,29). The predicted molar refractivity (Wildman–Crippen MR) is 103 cm³/mol. The van der Waals surface area contributed by atoms with Gasteiger partial charge in [-0.15, -0.1) is 10.2 Å². The summed E-state index contributed by atoms with van der Waals surface area (Å²) < 4.78 is 52.6. The van der Waals surface area contributed by atoms with Crippen LogP contribution in [-0.4, -0.2) is 39.2 Å². The number of aromatic nitrogens is 4. The summed E-state index contributed by atoms with van der Waals surface area (Å²) in [5, 5.41) is 13.9. The lowest BCUT2D eigenvalue weighted by Gasteiger charge is -2.13. The van der Waals surface area contributed by atoms with Gasteiger partial charge in [-0.3, -0.25) is 0 Å². The van der Waals surface area contributed by atoms with Crippen LogP contribution in [-0.2, 0) is 6.54 Å². The number of nitrogens with zero attached hydrogens (tertiary/aromatic N) is 4. The molecule has 1 fully saturated rings. The third kappa shape index (κ3) is 5.84. The van der Waals surface area contributed by atoms with Crippen LogP contribution in [0.3, 0.4) is 0 Å². The van der Waals surface area contributed by atoms with Gasteiger partial charge in [-0.05, 0) is 30.5 Å². The number of carbonyl (C=O) groups is 1. The molecule has 4 rings (SSSR count). The first-order valence-electron chi connectivity index (χ1n) is 9.38. The fourth-order valence-corrected chi connectivity index (χ4v) is 2.76. The van der Waals surface area contributed by atoms with E-state index in [1.165, 1.54) is 6.07 Å². The third-order valence-corrected chi connectivity index (χ3v) is 4.52. The highest BCUT2D eigenvalue weighted by atomic mass is 35.5. The topological polar surface area (TPSA) is 112 Å². The van der Waals surface area contributed by atoms with Gasteiger partial charge in [0.1, 0.15) is 6.54 Å². The number of hydrogen-bond donors (Lipinski definition) is 1. The average molecular weight is 470 g/mol. The molecule has 0 aliphatic heterocycles. The Balaban J connectivity index is 1.45. The van der Waals surface area contributed by atoms with E-state index in [1.807, 2.05) is 0 Å². The quantitative estimate of drug-likeness (QED) is 0.545. The van der Waals surface area contributed by atoms with Crippen molar-refractivity contribution >= 4 is 17.7 Å². The van der Waals surface area contributed by atoms with Gasteiger partial charge < -0.3 is 19.3 Å². The molecule has 2 aromatic heterocycles. The molecule has 13 heteroatoms. The van der Waals surface area contributed by atoms with E-state index < -0.39 is 18.9 Å². The summed E-state index contributed by atoms with van der Waals surface area (Å²) in [5.41, 5.74) is 0.569. The molecule has 0 spiro atoms. The van der Waals surface area contributed by atoms with Crippen LogP contribution >= 0.6 is 11.6 Å². The van der Waals surface area contributed by atoms with Crippen molar-refractivity contribution in [2.75, 3.05) is 6.61 Å². The number of amides is 1. The first kappa shape index (κ1) is 21.8. The van der Waals surface area contributed by atoms with E-state index in [1.54, 1.807) is 24.3 Å². The van der Waals surface area contributed by atoms with Crippen molar-refractivity contribution in [2.24, 2.45) is 0 Å². The van der Waals surface area contributed by atoms with E-state index >= 15 is 0 Å². The maximum Gasteiger partial charge on any atom is 0.422 e. The van der Waals surface area contributed by atoms with Crippen molar-refractivity contribution in [3.05, 3.63) is 47.1 Å². The van der Waals surface area contributed by atoms with Crippen LogP contribution in [0, 0.1) is 0 Å². The Morgan fingerprint density at radius 2 is 1.97 bits per heavy atom. The van der Waals surface area contributed by atoms with Crippen LogP contribution in [0.1, 0.15) is 30.5 Å². The summed E-state index contributed by atoms with van der Waals surface area (Å²) >= 11 is 5.86. The molecule has 9 nitrogen and oxygen atoms in total. The van der Waals surface area contributed by atoms with Crippen molar-refractivity contribution in [1.82, 2.24) is 25.7 Å². The second-order valence-electron chi connectivity index (χ2n) is 6.88. The Hall–Kier alpha value is -3.41. The first-order valence-corrected chi connectivity index (χ1v) is 9.76. The summed E-state index contributed by atoms with van der Waals surface area (Å²) in [4.78, 5) is 16.3. The molecule has 3 aromatic rings. The number of ether oxygens (including phenoxy) is 2. The fourth-order valence-electron chi connectivity index (χ4n) is 2.63. The van der Waals surface area contributed by atoms with Crippen molar-refractivity contribution in [2.45, 2.75) is 31.5 Å². The summed E-state index contributed by atoms with van der Waals surface area (Å²) in [6, 6.07) is 7.42. The predicted octanol–water partition coefficient (Wildman–Crippen LogP) is 4.29. The lowest BCUT2D eigenvalue weighted by atomic mass is 10.1. The molecule has 168 valence electrons. The maximum absolute atomic E-state index is 12.6. The minimum absolute atomic E-state index is 0.0667. The van der Waals surface area contributed by atoms with E-state index in [4.69, 9.17) is 25.6 Å². The Labute approximate surface area is 183 Å². The van der Waals surface area contributed by atoms with Gasteiger partial charge in [0, 0.05) is 17.0 Å². The Kier molecular flexibility index (Phi) is 6.12. The highest BCUT2D eigenvalue weighted by Crippen LogP contribution is 2.38. The molecule has 1 aliphatic rings. The molecule has 0 saturated heterocycles. The van der Waals surface area contributed by atoms with Crippen molar-refractivity contribution in [1.29, 1.82) is 0 Å². The minimum Gasteiger partial charge on any atom is -0.466 e. The largest absolute Gasteiger partial charge is 0.466 e. The van der Waals surface area contributed by atoms with Gasteiger partial charge in [-0.1, -0.05) is 28.9 Å². The van der Waals surface area contributed by atoms with E-state index in [0.29, 0.717) is 22.3 Å². The Bertz CT molecular complexity index is 1100. The van der Waals surface area contributed by atoms with Crippen LogP contribution in [0.15, 0.2) is 34.9 Å². The van der Waals surface area contributed by atoms with Gasteiger partial charge in [-0.2, -0.15) is 18.2 Å². The molecule has 1 aliphatic carbocycles. The zero-order valence-electron chi connectivity index (χ0n) is 16.2. The van der Waals surface area contributed by atoms with Crippen molar-refractivity contribution < 1.29 is 32.0 Å². The van der Waals surface area contributed by atoms with Crippen LogP contribution in [0.4, 0.5) is 18.0 Å². The molecule has 1 N–H and O–H groups in total. The van der Waals surface area contributed by atoms with E-state index in [0.717, 1.165) is 12.8 Å². The van der Waals surface area contributed by atoms with Crippen molar-refractivity contribution in [3.8, 4) is 22.9 Å². The summed E-state index contributed by atoms with van der Waals surface area (Å²) in [7, 11) is 0. The van der Waals surface area contributed by atoms with Gasteiger partial charge in [0.25, 0.3) is 0 Å². The second-order valence-corrected chi connectivity index (χ2v) is 7.31. The van der Waals surface area contributed by atoms with E-state index in [9.17, 15) is 18.0 Å². The maximum atomic E-state index is 12.6. The Morgan fingerprint density at radius 3 is 2.66 bits per heavy atom. The number of nitrogens with one attached hydrogen (secondary N) is 1. The van der Waals surface area contributed by atoms with Crippen LogP contribution in [0.25, 0.3) is 11.1 Å². The van der Waals surface area contributed by atoms with Crippen LogP contribution < -0.4 is 14.8 Å². The summed E-state index contributed by atoms with van der Waals surface area (Å²) in [6.07, 6.45) is -3.45. The zero-order valence-corrected chi connectivity index (χ0v) is 17.0. The molecule has 32 heavy (non-hydrogen) atoms. The molecule has 0 unspecified atom stereocenters. The van der Waals surface area contributed by atoms with Gasteiger partial charge in [0.15, 0.2) is 12.4 Å². The molecule has 1 saturated carbocycles. The monoisotopic (exact) mass is 469 g/mol. The van der Waals surface area contributed by atoms with Gasteiger partial charge in [0.05, 0.1) is 5.56 Å². The lowest BCUT2D eigenvalue weighted by molar-refractivity contribution is -0.154. The first-order chi connectivity index (χ1) is 15.3. The van der Waals surface area contributed by atoms with Crippen molar-refractivity contribution in [3.63, 3.8) is 0 Å². The van der Waals surface area contributed by atoms with Crippen LogP contribution in [0.5, 0.6) is 11.8 Å².